The Morgan fingerprint density at radius 3 is 2.62 bits per heavy atom. The molecular weight excluding hydrogens is 456 g/mol. The van der Waals surface area contributed by atoms with Crippen LogP contribution in [0.3, 0.4) is 0 Å². The zero-order chi connectivity index (χ0) is 24.8. The van der Waals surface area contributed by atoms with Crippen molar-refractivity contribution >= 4 is 41.2 Å². The largest absolute Gasteiger partial charge is 0.490 e. The molecule has 0 bridgehead atoms. The Labute approximate surface area is 203 Å². The van der Waals surface area contributed by atoms with Gasteiger partial charge in [-0.2, -0.15) is 0 Å². The number of hydrogen-bond donors (Lipinski definition) is 1. The van der Waals surface area contributed by atoms with Gasteiger partial charge in [0.15, 0.2) is 11.5 Å². The maximum atomic E-state index is 13.2. The summed E-state index contributed by atoms with van der Waals surface area (Å²) in [7, 11) is 0. The molecule has 8 heteroatoms. The van der Waals surface area contributed by atoms with Gasteiger partial charge in [0.2, 0.25) is 0 Å². The van der Waals surface area contributed by atoms with E-state index >= 15 is 0 Å². The fraction of sp³-hybridized carbons (Fsp3) is 0.192. The van der Waals surface area contributed by atoms with E-state index in [1.807, 2.05) is 6.92 Å². The minimum Gasteiger partial charge on any atom is -0.490 e. The van der Waals surface area contributed by atoms with Gasteiger partial charge in [-0.05, 0) is 61.7 Å². The van der Waals surface area contributed by atoms with E-state index in [4.69, 9.17) is 27.5 Å². The Hall–Kier alpha value is -4.02. The Balaban J connectivity index is 2.08. The minimum atomic E-state index is -0.854. The van der Waals surface area contributed by atoms with E-state index in [-0.39, 0.29) is 17.9 Å². The average Bonchev–Trinajstić information content (AvgIpc) is 2.79. The highest BCUT2D eigenvalue weighted by Gasteiger charge is 2.37. The number of hydrogen-bond acceptors (Lipinski definition) is 5. The summed E-state index contributed by atoms with van der Waals surface area (Å²) in [5.74, 6) is 1.71. The molecule has 0 saturated carbocycles. The van der Waals surface area contributed by atoms with Crippen molar-refractivity contribution in [3.63, 3.8) is 0 Å². The summed E-state index contributed by atoms with van der Waals surface area (Å²) in [4.78, 5) is 39.1. The molecule has 1 N–H and O–H groups in total. The van der Waals surface area contributed by atoms with Crippen LogP contribution in [0.25, 0.3) is 6.08 Å². The van der Waals surface area contributed by atoms with Crippen molar-refractivity contribution in [2.45, 2.75) is 20.3 Å². The number of anilines is 1. The maximum Gasteiger partial charge on any atom is 0.335 e. The number of terminal acetylenes is 1. The number of carbonyl (C=O) groups is 3. The van der Waals surface area contributed by atoms with Crippen LogP contribution in [0.4, 0.5) is 10.5 Å². The van der Waals surface area contributed by atoms with Crippen molar-refractivity contribution < 1.29 is 23.9 Å². The number of benzene rings is 2. The van der Waals surface area contributed by atoms with Crippen molar-refractivity contribution in [3.8, 4) is 23.8 Å². The number of amides is 4. The quantitative estimate of drug-likeness (QED) is 0.262. The highest BCUT2D eigenvalue weighted by Crippen LogP contribution is 2.35. The molecule has 3 rings (SSSR count). The van der Waals surface area contributed by atoms with Gasteiger partial charge in [0.1, 0.15) is 12.2 Å². The summed E-state index contributed by atoms with van der Waals surface area (Å²) in [5.41, 5.74) is 2.03. The Morgan fingerprint density at radius 1 is 1.21 bits per heavy atom. The van der Waals surface area contributed by atoms with Gasteiger partial charge in [0.05, 0.1) is 12.3 Å². The van der Waals surface area contributed by atoms with Crippen LogP contribution >= 0.6 is 11.6 Å². The number of imide groups is 2. The number of urea groups is 1. The summed E-state index contributed by atoms with van der Waals surface area (Å²) >= 11 is 6.17. The smallest absolute Gasteiger partial charge is 0.335 e. The molecule has 1 aliphatic rings. The van der Waals surface area contributed by atoms with E-state index in [2.05, 4.69) is 17.8 Å². The number of carbonyl (C=O) groups excluding carboxylic acids is 3. The fourth-order valence-electron chi connectivity index (χ4n) is 3.39. The minimum absolute atomic E-state index is 0.0434. The molecule has 4 amide bonds. The number of barbiturate groups is 1. The maximum absolute atomic E-state index is 13.2. The molecule has 1 heterocycles. The van der Waals surface area contributed by atoms with Gasteiger partial charge >= 0.3 is 6.03 Å². The molecule has 0 aliphatic carbocycles. The van der Waals surface area contributed by atoms with E-state index in [1.54, 1.807) is 37.3 Å². The van der Waals surface area contributed by atoms with Crippen molar-refractivity contribution in [3.05, 3.63) is 70.3 Å². The van der Waals surface area contributed by atoms with Gasteiger partial charge in [-0.3, -0.25) is 14.9 Å². The highest BCUT2D eigenvalue weighted by molar-refractivity contribution is 6.39. The zero-order valence-electron chi connectivity index (χ0n) is 18.8. The molecule has 34 heavy (non-hydrogen) atoms. The van der Waals surface area contributed by atoms with Gasteiger partial charge in [-0.1, -0.05) is 29.7 Å². The van der Waals surface area contributed by atoms with Gasteiger partial charge < -0.3 is 9.47 Å². The lowest BCUT2D eigenvalue weighted by atomic mass is 10.0. The van der Waals surface area contributed by atoms with Crippen LogP contribution in [0, 0.1) is 19.3 Å². The van der Waals surface area contributed by atoms with Crippen LogP contribution in [0.5, 0.6) is 11.5 Å². The predicted octanol–water partition coefficient (Wildman–Crippen LogP) is 4.45. The molecular formula is C26H23ClN2O5. The number of aryl methyl sites for hydroxylation is 1. The monoisotopic (exact) mass is 478 g/mol. The highest BCUT2D eigenvalue weighted by atomic mass is 35.5. The first-order valence-electron chi connectivity index (χ1n) is 10.4. The number of rotatable bonds is 8. The fourth-order valence-corrected chi connectivity index (χ4v) is 3.57. The van der Waals surface area contributed by atoms with Gasteiger partial charge in [-0.15, -0.1) is 13.0 Å². The van der Waals surface area contributed by atoms with E-state index in [9.17, 15) is 14.4 Å². The molecule has 1 aliphatic heterocycles. The van der Waals surface area contributed by atoms with Crippen LogP contribution in [-0.2, 0) is 16.0 Å². The summed E-state index contributed by atoms with van der Waals surface area (Å²) < 4.78 is 11.4. The van der Waals surface area contributed by atoms with E-state index in [0.717, 1.165) is 10.5 Å². The molecule has 174 valence electrons. The van der Waals surface area contributed by atoms with E-state index in [1.165, 1.54) is 12.1 Å². The van der Waals surface area contributed by atoms with Crippen LogP contribution in [-0.4, -0.2) is 31.1 Å². The lowest BCUT2D eigenvalue weighted by Gasteiger charge is -2.26. The molecule has 0 atom stereocenters. The second-order valence-electron chi connectivity index (χ2n) is 7.32. The predicted molar refractivity (Wildman–Crippen MR) is 131 cm³/mol. The van der Waals surface area contributed by atoms with Crippen molar-refractivity contribution in [1.29, 1.82) is 0 Å². The molecule has 2 aromatic carbocycles. The number of nitrogens with one attached hydrogen (secondary N) is 1. The second kappa shape index (κ2) is 10.7. The van der Waals surface area contributed by atoms with Crippen LogP contribution in [0.15, 0.2) is 48.6 Å². The summed E-state index contributed by atoms with van der Waals surface area (Å²) in [6, 6.07) is 7.29. The van der Waals surface area contributed by atoms with Gasteiger partial charge in [0, 0.05) is 10.6 Å². The third-order valence-corrected chi connectivity index (χ3v) is 5.35. The Morgan fingerprint density at radius 2 is 1.97 bits per heavy atom. The van der Waals surface area contributed by atoms with Crippen molar-refractivity contribution in [2.75, 3.05) is 18.1 Å². The number of ether oxygens (including phenoxy) is 2. The second-order valence-corrected chi connectivity index (χ2v) is 7.72. The first kappa shape index (κ1) is 24.6. The van der Waals surface area contributed by atoms with Crippen LogP contribution in [0.1, 0.15) is 23.6 Å². The SMILES string of the molecule is C#CCOc1c(CC=C)cc(/C=C2/C(=O)NC(=O)N(c3ccc(C)c(Cl)c3)C2=O)cc1OCC. The Bertz CT molecular complexity index is 1240. The molecule has 0 radical (unpaired) electrons. The van der Waals surface area contributed by atoms with Gasteiger partial charge in [0.25, 0.3) is 11.8 Å². The number of nitrogens with zero attached hydrogens (tertiary/aromatic N) is 1. The molecule has 0 unspecified atom stereocenters. The van der Waals surface area contributed by atoms with Crippen molar-refractivity contribution in [2.24, 2.45) is 0 Å². The molecule has 1 saturated heterocycles. The first-order chi connectivity index (χ1) is 16.3. The van der Waals surface area contributed by atoms with Crippen LogP contribution in [0.2, 0.25) is 5.02 Å². The normalized spacial score (nSPS) is 14.6. The third kappa shape index (κ3) is 5.13. The standard InChI is InChI=1S/C26H23ClN2O5/c1-5-8-18-12-17(14-22(33-7-3)23(18)34-11-6-2)13-20-24(30)28-26(32)29(25(20)31)19-10-9-16(4)21(27)15-19/h2,5,9-10,12-15H,1,7-8,11H2,3-4H3,(H,28,30,32)/b20-13-. The van der Waals surface area contributed by atoms with Gasteiger partial charge in [-0.25, -0.2) is 9.69 Å². The molecule has 7 nitrogen and oxygen atoms in total. The molecule has 1 fully saturated rings. The number of halogens is 1. The summed E-state index contributed by atoms with van der Waals surface area (Å²) in [6.07, 6.45) is 8.85. The lowest BCUT2D eigenvalue weighted by Crippen LogP contribution is -2.54. The van der Waals surface area contributed by atoms with E-state index < -0.39 is 17.8 Å². The zero-order valence-corrected chi connectivity index (χ0v) is 19.6. The van der Waals surface area contributed by atoms with E-state index in [0.29, 0.717) is 40.7 Å². The van der Waals surface area contributed by atoms with Crippen molar-refractivity contribution in [1.82, 2.24) is 5.32 Å². The molecule has 0 spiro atoms. The lowest BCUT2D eigenvalue weighted by molar-refractivity contribution is -0.122. The third-order valence-electron chi connectivity index (χ3n) is 4.94. The summed E-state index contributed by atoms with van der Waals surface area (Å²) in [5, 5.41) is 2.59. The Kier molecular flexibility index (Phi) is 7.77. The number of allylic oxidation sites excluding steroid dienone is 1. The average molecular weight is 479 g/mol. The molecule has 0 aromatic heterocycles. The van der Waals surface area contributed by atoms with Crippen LogP contribution < -0.4 is 19.7 Å². The summed E-state index contributed by atoms with van der Waals surface area (Å²) in [6.45, 7) is 7.78. The topological polar surface area (TPSA) is 84.9 Å². The molecule has 2 aromatic rings. The first-order valence-corrected chi connectivity index (χ1v) is 10.8.